The maximum Gasteiger partial charge on any atom is 0.168 e. The van der Waals surface area contributed by atoms with Gasteiger partial charge in [0.15, 0.2) is 5.65 Å². The molecule has 46 heavy (non-hydrogen) atoms. The van der Waals surface area contributed by atoms with Crippen molar-refractivity contribution in [1.29, 1.82) is 0 Å². The fourth-order valence-corrected chi connectivity index (χ4v) is 5.34. The van der Waals surface area contributed by atoms with E-state index in [2.05, 4.69) is 72.8 Å². The van der Waals surface area contributed by atoms with Crippen LogP contribution in [0.15, 0.2) is 126 Å². The molecule has 0 N–H and O–H groups in total. The minimum Gasteiger partial charge on any atom is -0.501 e. The van der Waals surface area contributed by atoms with Crippen LogP contribution >= 0.6 is 0 Å². The van der Waals surface area contributed by atoms with Crippen LogP contribution in [0.1, 0.15) is 36.0 Å². The van der Waals surface area contributed by atoms with E-state index in [0.29, 0.717) is 5.65 Å². The van der Waals surface area contributed by atoms with Gasteiger partial charge in [-0.15, -0.1) is 54.1 Å². The number of hydrogen-bond donors (Lipinski definition) is 0. The van der Waals surface area contributed by atoms with Gasteiger partial charge in [-0.3, -0.25) is 4.98 Å². The zero-order valence-corrected chi connectivity index (χ0v) is 28.0. The number of aryl methyl sites for hydroxylation is 1. The number of fused-ring (bicyclic) bond motifs is 4. The van der Waals surface area contributed by atoms with E-state index in [1.165, 1.54) is 11.8 Å². The molecule has 8 aromatic rings. The summed E-state index contributed by atoms with van der Waals surface area (Å²) in [5, 5.41) is 2.15. The second-order valence-electron chi connectivity index (χ2n) is 11.8. The zero-order valence-electron chi connectivity index (χ0n) is 28.6. The monoisotopic (exact) mass is 780 g/mol. The summed E-state index contributed by atoms with van der Waals surface area (Å²) in [6.07, 6.45) is 3.32. The van der Waals surface area contributed by atoms with Crippen molar-refractivity contribution in [2.45, 2.75) is 33.0 Å². The number of aromatic nitrogens is 4. The first-order chi connectivity index (χ1) is 23.1. The van der Waals surface area contributed by atoms with Gasteiger partial charge in [0.05, 0.1) is 16.9 Å². The molecule has 5 nitrogen and oxygen atoms in total. The van der Waals surface area contributed by atoms with Crippen LogP contribution < -0.4 is 0 Å². The van der Waals surface area contributed by atoms with Gasteiger partial charge in [-0.2, -0.15) is 0 Å². The van der Waals surface area contributed by atoms with Gasteiger partial charge in [0.1, 0.15) is 5.58 Å². The minimum atomic E-state index is -2.09. The molecule has 6 heteroatoms. The molecule has 0 unspecified atom stereocenters. The molecular formula is C40H32IrN4O-2. The minimum absolute atomic E-state index is 0. The average Bonchev–Trinajstić information content (AvgIpc) is 3.67. The van der Waals surface area contributed by atoms with Gasteiger partial charge in [-0.05, 0) is 53.4 Å². The number of pyridine rings is 2. The van der Waals surface area contributed by atoms with Crippen LogP contribution in [0, 0.1) is 19.0 Å². The van der Waals surface area contributed by atoms with Crippen molar-refractivity contribution in [2.75, 3.05) is 0 Å². The van der Waals surface area contributed by atoms with E-state index in [0.717, 1.165) is 55.8 Å². The van der Waals surface area contributed by atoms with Crippen molar-refractivity contribution in [3.63, 3.8) is 0 Å². The Kier molecular flexibility index (Phi) is 7.65. The van der Waals surface area contributed by atoms with E-state index in [1.807, 2.05) is 66.9 Å². The summed E-state index contributed by atoms with van der Waals surface area (Å²) in [6.45, 7) is 4.50. The molecule has 4 aromatic carbocycles. The summed E-state index contributed by atoms with van der Waals surface area (Å²) < 4.78 is 30.2. The number of furan rings is 1. The van der Waals surface area contributed by atoms with Gasteiger partial charge in [-0.1, -0.05) is 80.3 Å². The van der Waals surface area contributed by atoms with Crippen molar-refractivity contribution < 1.29 is 28.6 Å². The van der Waals surface area contributed by atoms with Gasteiger partial charge in [0.2, 0.25) is 0 Å². The van der Waals surface area contributed by atoms with Crippen LogP contribution in [0.25, 0.3) is 61.4 Å². The van der Waals surface area contributed by atoms with Gasteiger partial charge < -0.3 is 14.0 Å². The Morgan fingerprint density at radius 3 is 2.33 bits per heavy atom. The number of benzene rings is 4. The van der Waals surface area contributed by atoms with E-state index in [9.17, 15) is 0 Å². The molecule has 0 aliphatic heterocycles. The van der Waals surface area contributed by atoms with E-state index in [-0.39, 0.29) is 31.1 Å². The Morgan fingerprint density at radius 2 is 1.59 bits per heavy atom. The van der Waals surface area contributed by atoms with E-state index in [1.54, 1.807) is 18.2 Å². The van der Waals surface area contributed by atoms with Crippen molar-refractivity contribution in [1.82, 2.24) is 19.5 Å². The molecule has 0 saturated heterocycles. The SMILES string of the molecule is CC(C)(C)c1cnc2nc(-c3[c-]ccc4c3oc3ccccc34)n(-c3ccccc3)c2c1.[2H]C([2H])([2H])c1ccc(-c2[c-]cccc2)nc1.[Ir]. The summed E-state index contributed by atoms with van der Waals surface area (Å²) in [5.41, 5.74) is 8.18. The van der Waals surface area contributed by atoms with Crippen molar-refractivity contribution >= 4 is 33.1 Å². The number of hydrogen-bond acceptors (Lipinski definition) is 4. The van der Waals surface area contributed by atoms with Crippen LogP contribution in [0.3, 0.4) is 0 Å². The Hall–Kier alpha value is -4.90. The quantitative estimate of drug-likeness (QED) is 0.168. The first-order valence-corrected chi connectivity index (χ1v) is 14.8. The maximum absolute atomic E-state index is 7.23. The van der Waals surface area contributed by atoms with Gasteiger partial charge in [-0.25, -0.2) is 4.98 Å². The van der Waals surface area contributed by atoms with Crippen LogP contribution in [0.2, 0.25) is 0 Å². The summed E-state index contributed by atoms with van der Waals surface area (Å²) in [7, 11) is 0. The third-order valence-corrected chi connectivity index (χ3v) is 7.70. The number of imidazole rings is 1. The van der Waals surface area contributed by atoms with Gasteiger partial charge in [0, 0.05) is 47.7 Å². The Balaban J connectivity index is 0.000000208. The predicted molar refractivity (Wildman–Crippen MR) is 182 cm³/mol. The maximum atomic E-state index is 7.23. The molecule has 1 radical (unpaired) electrons. The zero-order chi connectivity index (χ0) is 33.5. The predicted octanol–water partition coefficient (Wildman–Crippen LogP) is 9.94. The van der Waals surface area contributed by atoms with Crippen LogP contribution in [-0.2, 0) is 25.5 Å². The fraction of sp³-hybridized carbons (Fsp3) is 0.125. The molecule has 0 bridgehead atoms. The summed E-state index contributed by atoms with van der Waals surface area (Å²) in [6, 6.07) is 41.8. The van der Waals surface area contributed by atoms with Gasteiger partial charge >= 0.3 is 0 Å². The fourth-order valence-electron chi connectivity index (χ4n) is 5.34. The number of para-hydroxylation sites is 2. The Morgan fingerprint density at radius 1 is 0.783 bits per heavy atom. The standard InChI is InChI=1S/C28H22N3O.C12H10N.Ir/c1-28(2,3)18-16-23-26(29-17-18)30-27(31(23)19-10-5-4-6-11-19)22-14-9-13-21-20-12-7-8-15-24(20)32-25(21)22;1-10-7-8-12(13-9-10)11-5-3-2-4-6-11;/h4-13,15-17H,1-3H3;2-5,7-9H,1H3;/q2*-1;/i;1D3;. The van der Waals surface area contributed by atoms with Crippen molar-refractivity contribution in [3.05, 3.63) is 145 Å². The molecule has 0 fully saturated rings. The second-order valence-corrected chi connectivity index (χ2v) is 11.8. The third kappa shape index (κ3) is 6.02. The smallest absolute Gasteiger partial charge is 0.168 e. The Bertz CT molecular complexity index is 2360. The molecule has 8 rings (SSSR count). The molecular weight excluding hydrogens is 745 g/mol. The third-order valence-electron chi connectivity index (χ3n) is 7.70. The first-order valence-electron chi connectivity index (χ1n) is 16.3. The molecule has 0 spiro atoms. The molecule has 0 amide bonds. The second kappa shape index (κ2) is 12.8. The summed E-state index contributed by atoms with van der Waals surface area (Å²) in [5.74, 6) is 0.773. The van der Waals surface area contributed by atoms with Crippen molar-refractivity contribution in [2.24, 2.45) is 0 Å². The molecule has 4 aromatic heterocycles. The van der Waals surface area contributed by atoms with Crippen LogP contribution in [0.5, 0.6) is 0 Å². The molecule has 4 heterocycles. The largest absolute Gasteiger partial charge is 0.501 e. The van der Waals surface area contributed by atoms with E-state index in [4.69, 9.17) is 18.5 Å². The first kappa shape index (κ1) is 27.4. The van der Waals surface area contributed by atoms with E-state index >= 15 is 0 Å². The summed E-state index contributed by atoms with van der Waals surface area (Å²) in [4.78, 5) is 13.8. The molecule has 229 valence electrons. The number of rotatable bonds is 3. The topological polar surface area (TPSA) is 56.7 Å². The summed E-state index contributed by atoms with van der Waals surface area (Å²) >= 11 is 0. The normalized spacial score (nSPS) is 12.5. The van der Waals surface area contributed by atoms with Gasteiger partial charge in [0.25, 0.3) is 0 Å². The Labute approximate surface area is 286 Å². The molecule has 0 aliphatic rings. The molecule has 0 atom stereocenters. The van der Waals surface area contributed by atoms with Crippen molar-refractivity contribution in [3.8, 4) is 28.3 Å². The molecule has 0 saturated carbocycles. The average molecular weight is 780 g/mol. The van der Waals surface area contributed by atoms with Crippen LogP contribution in [0.4, 0.5) is 0 Å². The van der Waals surface area contributed by atoms with Crippen LogP contribution in [-0.4, -0.2) is 19.5 Å². The number of nitrogens with zero attached hydrogens (tertiary/aromatic N) is 4. The van der Waals surface area contributed by atoms with E-state index < -0.39 is 6.85 Å². The molecule has 0 aliphatic carbocycles.